The minimum Gasteiger partial charge on any atom is -0.491 e. The molecule has 0 bridgehead atoms. The standard InChI is InChI=1S/C20H24N2O3S/c1-14(2)21-19(23)15-7-9-17(10-8-15)25-13-16-5-3-11-22(16)20(24)18-6-4-12-26-18/h4,6-10,12,14,16H,3,5,11,13H2,1-2H3,(H,21,23)/t16-/m1/s1. The number of nitrogens with one attached hydrogen (secondary N) is 1. The first kappa shape index (κ1) is 18.5. The lowest BCUT2D eigenvalue weighted by Crippen LogP contribution is -2.38. The van der Waals surface area contributed by atoms with E-state index in [1.807, 2.05) is 36.3 Å². The lowest BCUT2D eigenvalue weighted by Gasteiger charge is -2.24. The highest BCUT2D eigenvalue weighted by molar-refractivity contribution is 7.12. The number of amides is 2. The average Bonchev–Trinajstić information content (AvgIpc) is 3.31. The molecule has 0 spiro atoms. The lowest BCUT2D eigenvalue weighted by atomic mass is 10.2. The molecule has 0 aliphatic carbocycles. The summed E-state index contributed by atoms with van der Waals surface area (Å²) in [4.78, 5) is 27.2. The Morgan fingerprint density at radius 2 is 2.04 bits per heavy atom. The predicted molar refractivity (Wildman–Crippen MR) is 103 cm³/mol. The molecule has 3 rings (SSSR count). The van der Waals surface area contributed by atoms with Crippen LogP contribution in [0.1, 0.15) is 46.7 Å². The molecule has 2 aromatic rings. The number of likely N-dealkylation sites (tertiary alicyclic amines) is 1. The summed E-state index contributed by atoms with van der Waals surface area (Å²) in [5, 5.41) is 4.79. The van der Waals surface area contributed by atoms with E-state index >= 15 is 0 Å². The molecular weight excluding hydrogens is 348 g/mol. The van der Waals surface area contributed by atoms with Crippen molar-refractivity contribution in [1.29, 1.82) is 0 Å². The van der Waals surface area contributed by atoms with Gasteiger partial charge in [0.15, 0.2) is 0 Å². The highest BCUT2D eigenvalue weighted by Gasteiger charge is 2.30. The summed E-state index contributed by atoms with van der Waals surface area (Å²) in [7, 11) is 0. The Hall–Kier alpha value is -2.34. The molecule has 1 aliphatic rings. The predicted octanol–water partition coefficient (Wildman–Crippen LogP) is 3.57. The van der Waals surface area contributed by atoms with Crippen molar-refractivity contribution in [1.82, 2.24) is 10.2 Å². The van der Waals surface area contributed by atoms with Gasteiger partial charge in [0.25, 0.3) is 11.8 Å². The van der Waals surface area contributed by atoms with Crippen molar-refractivity contribution in [2.24, 2.45) is 0 Å². The zero-order valence-electron chi connectivity index (χ0n) is 15.1. The van der Waals surface area contributed by atoms with Gasteiger partial charge in [0.05, 0.1) is 10.9 Å². The van der Waals surface area contributed by atoms with E-state index in [4.69, 9.17) is 4.74 Å². The third-order valence-electron chi connectivity index (χ3n) is 4.35. The van der Waals surface area contributed by atoms with Gasteiger partial charge < -0.3 is 15.0 Å². The maximum Gasteiger partial charge on any atom is 0.264 e. The van der Waals surface area contributed by atoms with Crippen LogP contribution in [0.15, 0.2) is 41.8 Å². The van der Waals surface area contributed by atoms with Crippen molar-refractivity contribution in [3.05, 3.63) is 52.2 Å². The topological polar surface area (TPSA) is 58.6 Å². The Morgan fingerprint density at radius 3 is 2.69 bits per heavy atom. The molecule has 6 heteroatoms. The first-order valence-corrected chi connectivity index (χ1v) is 9.81. The molecule has 0 radical (unpaired) electrons. The first-order chi connectivity index (χ1) is 12.5. The zero-order valence-corrected chi connectivity index (χ0v) is 15.9. The maximum atomic E-state index is 12.6. The molecule has 1 fully saturated rings. The minimum atomic E-state index is -0.0879. The maximum absolute atomic E-state index is 12.6. The van der Waals surface area contributed by atoms with Gasteiger partial charge in [-0.15, -0.1) is 11.3 Å². The smallest absolute Gasteiger partial charge is 0.264 e. The molecule has 1 aromatic carbocycles. The second-order valence-electron chi connectivity index (χ2n) is 6.74. The Bertz CT molecular complexity index is 741. The highest BCUT2D eigenvalue weighted by Crippen LogP contribution is 2.23. The van der Waals surface area contributed by atoms with E-state index in [-0.39, 0.29) is 23.9 Å². The van der Waals surface area contributed by atoms with Gasteiger partial charge in [-0.05, 0) is 62.4 Å². The SMILES string of the molecule is CC(C)NC(=O)c1ccc(OC[C@H]2CCCN2C(=O)c2cccs2)cc1. The zero-order chi connectivity index (χ0) is 18.5. The molecule has 5 nitrogen and oxygen atoms in total. The summed E-state index contributed by atoms with van der Waals surface area (Å²) in [5.41, 5.74) is 0.612. The van der Waals surface area contributed by atoms with Gasteiger partial charge in [-0.3, -0.25) is 9.59 Å². The fourth-order valence-corrected chi connectivity index (χ4v) is 3.74. The van der Waals surface area contributed by atoms with Crippen LogP contribution in [0, 0.1) is 0 Å². The molecule has 138 valence electrons. The summed E-state index contributed by atoms with van der Waals surface area (Å²) in [5.74, 6) is 0.711. The van der Waals surface area contributed by atoms with Crippen LogP contribution in [0.4, 0.5) is 0 Å². The summed E-state index contributed by atoms with van der Waals surface area (Å²) < 4.78 is 5.88. The fourth-order valence-electron chi connectivity index (χ4n) is 3.06. The van der Waals surface area contributed by atoms with Gasteiger partial charge in [-0.25, -0.2) is 0 Å². The molecule has 1 saturated heterocycles. The summed E-state index contributed by atoms with van der Waals surface area (Å²) in [6.07, 6.45) is 1.95. The van der Waals surface area contributed by atoms with Crippen molar-refractivity contribution in [2.75, 3.05) is 13.2 Å². The molecule has 1 atom stereocenters. The van der Waals surface area contributed by atoms with E-state index in [2.05, 4.69) is 5.32 Å². The van der Waals surface area contributed by atoms with Crippen molar-refractivity contribution in [3.63, 3.8) is 0 Å². The Morgan fingerprint density at radius 1 is 1.27 bits per heavy atom. The molecule has 26 heavy (non-hydrogen) atoms. The largest absolute Gasteiger partial charge is 0.491 e. The summed E-state index contributed by atoms with van der Waals surface area (Å²) in [6, 6.07) is 11.1. The van der Waals surface area contributed by atoms with Gasteiger partial charge >= 0.3 is 0 Å². The van der Waals surface area contributed by atoms with Crippen LogP contribution in [0.2, 0.25) is 0 Å². The Kier molecular flexibility index (Phi) is 5.93. The number of benzene rings is 1. The van der Waals surface area contributed by atoms with E-state index in [1.54, 1.807) is 24.3 Å². The number of ether oxygens (including phenoxy) is 1. The van der Waals surface area contributed by atoms with Crippen LogP contribution >= 0.6 is 11.3 Å². The van der Waals surface area contributed by atoms with Crippen molar-refractivity contribution in [3.8, 4) is 5.75 Å². The first-order valence-electron chi connectivity index (χ1n) is 8.93. The lowest BCUT2D eigenvalue weighted by molar-refractivity contribution is 0.0696. The summed E-state index contributed by atoms with van der Waals surface area (Å²) >= 11 is 1.47. The number of hydrogen-bond donors (Lipinski definition) is 1. The van der Waals surface area contributed by atoms with Gasteiger partial charge in [0, 0.05) is 18.2 Å². The van der Waals surface area contributed by atoms with Crippen LogP contribution in [0.25, 0.3) is 0 Å². The van der Waals surface area contributed by atoms with E-state index in [0.29, 0.717) is 17.9 Å². The Balaban J connectivity index is 1.56. The molecule has 0 saturated carbocycles. The second kappa shape index (κ2) is 8.36. The molecular formula is C20H24N2O3S. The quantitative estimate of drug-likeness (QED) is 0.843. The van der Waals surface area contributed by atoms with Gasteiger partial charge in [0.1, 0.15) is 12.4 Å². The third-order valence-corrected chi connectivity index (χ3v) is 5.21. The summed E-state index contributed by atoms with van der Waals surface area (Å²) in [6.45, 7) is 5.11. The van der Waals surface area contributed by atoms with E-state index < -0.39 is 0 Å². The van der Waals surface area contributed by atoms with Crippen LogP contribution in [-0.4, -0.2) is 41.9 Å². The monoisotopic (exact) mass is 372 g/mol. The molecule has 1 aromatic heterocycles. The van der Waals surface area contributed by atoms with E-state index in [1.165, 1.54) is 11.3 Å². The number of hydrogen-bond acceptors (Lipinski definition) is 4. The van der Waals surface area contributed by atoms with Crippen LogP contribution < -0.4 is 10.1 Å². The molecule has 2 amide bonds. The van der Waals surface area contributed by atoms with Crippen molar-refractivity contribution < 1.29 is 14.3 Å². The van der Waals surface area contributed by atoms with E-state index in [0.717, 1.165) is 24.3 Å². The van der Waals surface area contributed by atoms with Crippen molar-refractivity contribution >= 4 is 23.2 Å². The number of carbonyl (C=O) groups excluding carboxylic acids is 2. The number of nitrogens with zero attached hydrogens (tertiary/aromatic N) is 1. The number of rotatable bonds is 6. The number of carbonyl (C=O) groups is 2. The van der Waals surface area contributed by atoms with Crippen LogP contribution in [-0.2, 0) is 0 Å². The average molecular weight is 372 g/mol. The third kappa shape index (κ3) is 4.43. The molecule has 1 aliphatic heterocycles. The number of thiophene rings is 1. The minimum absolute atomic E-state index is 0.0879. The van der Waals surface area contributed by atoms with Crippen LogP contribution in [0.5, 0.6) is 5.75 Å². The molecule has 1 N–H and O–H groups in total. The van der Waals surface area contributed by atoms with E-state index in [9.17, 15) is 9.59 Å². The normalized spacial score (nSPS) is 16.7. The second-order valence-corrected chi connectivity index (χ2v) is 7.68. The van der Waals surface area contributed by atoms with Gasteiger partial charge in [0.2, 0.25) is 0 Å². The van der Waals surface area contributed by atoms with Crippen molar-refractivity contribution in [2.45, 2.75) is 38.8 Å². The van der Waals surface area contributed by atoms with Gasteiger partial charge in [-0.2, -0.15) is 0 Å². The fraction of sp³-hybridized carbons (Fsp3) is 0.400. The molecule has 0 unspecified atom stereocenters. The highest BCUT2D eigenvalue weighted by atomic mass is 32.1. The van der Waals surface area contributed by atoms with Gasteiger partial charge in [-0.1, -0.05) is 6.07 Å². The van der Waals surface area contributed by atoms with Crippen LogP contribution in [0.3, 0.4) is 0 Å². The Labute approximate surface area is 158 Å². The molecule has 2 heterocycles.